The normalized spacial score (nSPS) is 24.6. The van der Waals surface area contributed by atoms with E-state index in [2.05, 4.69) is 6.92 Å². The SMILES string of the molecule is CC1CCC(Oc2coc(CO)cc2=O)CC1. The standard InChI is InChI=1S/C13H18O4/c1-9-2-4-10(5-3-9)17-13-8-16-11(7-14)6-12(13)15/h6,8-10,14H,2-5,7H2,1H3. The summed E-state index contributed by atoms with van der Waals surface area (Å²) < 4.78 is 10.7. The van der Waals surface area contributed by atoms with Crippen LogP contribution in [0.4, 0.5) is 0 Å². The van der Waals surface area contributed by atoms with Gasteiger partial charge in [-0.25, -0.2) is 0 Å². The summed E-state index contributed by atoms with van der Waals surface area (Å²) in [6.45, 7) is 1.97. The maximum Gasteiger partial charge on any atom is 0.227 e. The fourth-order valence-corrected chi connectivity index (χ4v) is 2.13. The molecule has 2 rings (SSSR count). The molecule has 1 heterocycles. The molecule has 94 valence electrons. The van der Waals surface area contributed by atoms with Crippen molar-refractivity contribution in [2.45, 2.75) is 45.3 Å². The molecule has 1 saturated carbocycles. The molecule has 17 heavy (non-hydrogen) atoms. The maximum atomic E-state index is 11.6. The highest BCUT2D eigenvalue weighted by Gasteiger charge is 2.20. The smallest absolute Gasteiger partial charge is 0.227 e. The molecule has 1 aliphatic carbocycles. The number of aliphatic hydroxyl groups excluding tert-OH is 1. The van der Waals surface area contributed by atoms with Gasteiger partial charge in [0.05, 0.1) is 6.10 Å². The van der Waals surface area contributed by atoms with Crippen LogP contribution in [0.25, 0.3) is 0 Å². The first-order valence-corrected chi connectivity index (χ1v) is 6.08. The highest BCUT2D eigenvalue weighted by Crippen LogP contribution is 2.26. The highest BCUT2D eigenvalue weighted by molar-refractivity contribution is 5.17. The Kier molecular flexibility index (Phi) is 3.84. The van der Waals surface area contributed by atoms with Gasteiger partial charge in [-0.05, 0) is 31.6 Å². The van der Waals surface area contributed by atoms with E-state index in [1.807, 2.05) is 0 Å². The maximum absolute atomic E-state index is 11.6. The van der Waals surface area contributed by atoms with Crippen molar-refractivity contribution in [1.29, 1.82) is 0 Å². The monoisotopic (exact) mass is 238 g/mol. The van der Waals surface area contributed by atoms with Gasteiger partial charge in [0.1, 0.15) is 18.6 Å². The van der Waals surface area contributed by atoms with Crippen LogP contribution in [0.15, 0.2) is 21.5 Å². The zero-order valence-electron chi connectivity index (χ0n) is 10.0. The van der Waals surface area contributed by atoms with Gasteiger partial charge in [-0.2, -0.15) is 0 Å². The molecular weight excluding hydrogens is 220 g/mol. The van der Waals surface area contributed by atoms with Crippen LogP contribution in [0.1, 0.15) is 38.4 Å². The van der Waals surface area contributed by atoms with Crippen molar-refractivity contribution in [2.75, 3.05) is 0 Å². The minimum atomic E-state index is -0.267. The highest BCUT2D eigenvalue weighted by atomic mass is 16.5. The van der Waals surface area contributed by atoms with Gasteiger partial charge in [0.25, 0.3) is 0 Å². The van der Waals surface area contributed by atoms with Crippen molar-refractivity contribution in [1.82, 2.24) is 0 Å². The average molecular weight is 238 g/mol. The Bertz CT molecular complexity index is 416. The molecule has 0 spiro atoms. The molecule has 1 aromatic heterocycles. The lowest BCUT2D eigenvalue weighted by Gasteiger charge is -2.26. The molecular formula is C13H18O4. The van der Waals surface area contributed by atoms with Gasteiger partial charge in [-0.1, -0.05) is 6.92 Å². The van der Waals surface area contributed by atoms with Crippen LogP contribution < -0.4 is 10.2 Å². The third kappa shape index (κ3) is 3.09. The summed E-state index contributed by atoms with van der Waals surface area (Å²) in [7, 11) is 0. The van der Waals surface area contributed by atoms with Crippen LogP contribution >= 0.6 is 0 Å². The molecule has 0 saturated heterocycles. The largest absolute Gasteiger partial charge is 0.483 e. The molecule has 1 fully saturated rings. The summed E-state index contributed by atoms with van der Waals surface area (Å²) >= 11 is 0. The molecule has 1 aliphatic rings. The van der Waals surface area contributed by atoms with Crippen LogP contribution in [0.2, 0.25) is 0 Å². The minimum absolute atomic E-state index is 0.120. The van der Waals surface area contributed by atoms with Crippen LogP contribution in [0.3, 0.4) is 0 Å². The van der Waals surface area contributed by atoms with Gasteiger partial charge in [-0.3, -0.25) is 4.79 Å². The lowest BCUT2D eigenvalue weighted by molar-refractivity contribution is 0.130. The molecule has 0 radical (unpaired) electrons. The van der Waals surface area contributed by atoms with Crippen molar-refractivity contribution in [3.63, 3.8) is 0 Å². The predicted molar refractivity (Wildman–Crippen MR) is 62.9 cm³/mol. The van der Waals surface area contributed by atoms with Gasteiger partial charge in [0, 0.05) is 6.07 Å². The van der Waals surface area contributed by atoms with Gasteiger partial charge < -0.3 is 14.3 Å². The average Bonchev–Trinajstić information content (AvgIpc) is 2.34. The zero-order chi connectivity index (χ0) is 12.3. The molecule has 0 bridgehead atoms. The number of hydrogen-bond acceptors (Lipinski definition) is 4. The molecule has 4 heteroatoms. The van der Waals surface area contributed by atoms with E-state index < -0.39 is 0 Å². The molecule has 0 aliphatic heterocycles. The lowest BCUT2D eigenvalue weighted by Crippen LogP contribution is -2.25. The summed E-state index contributed by atoms with van der Waals surface area (Å²) in [6, 6.07) is 1.28. The van der Waals surface area contributed by atoms with Crippen molar-refractivity contribution < 1.29 is 14.3 Å². The first-order valence-electron chi connectivity index (χ1n) is 6.08. The molecule has 0 aromatic carbocycles. The Morgan fingerprint density at radius 1 is 1.41 bits per heavy atom. The minimum Gasteiger partial charge on any atom is -0.483 e. The first kappa shape index (κ1) is 12.2. The second kappa shape index (κ2) is 5.36. The Morgan fingerprint density at radius 2 is 2.12 bits per heavy atom. The second-order valence-corrected chi connectivity index (χ2v) is 4.73. The number of ether oxygens (including phenoxy) is 1. The summed E-state index contributed by atoms with van der Waals surface area (Å²) in [5, 5.41) is 8.83. The lowest BCUT2D eigenvalue weighted by atomic mass is 9.89. The number of rotatable bonds is 3. The third-order valence-electron chi connectivity index (χ3n) is 3.26. The van der Waals surface area contributed by atoms with Crippen molar-refractivity contribution in [2.24, 2.45) is 5.92 Å². The van der Waals surface area contributed by atoms with Gasteiger partial charge in [-0.15, -0.1) is 0 Å². The summed E-state index contributed by atoms with van der Waals surface area (Å²) in [5.74, 6) is 1.27. The van der Waals surface area contributed by atoms with E-state index in [-0.39, 0.29) is 29.6 Å². The third-order valence-corrected chi connectivity index (χ3v) is 3.26. The fraction of sp³-hybridized carbons (Fsp3) is 0.615. The Labute approximate surface area is 100 Å². The van der Waals surface area contributed by atoms with Crippen molar-refractivity contribution in [3.8, 4) is 5.75 Å². The Balaban J connectivity index is 2.01. The number of aliphatic hydroxyl groups is 1. The van der Waals surface area contributed by atoms with E-state index >= 15 is 0 Å². The van der Waals surface area contributed by atoms with Crippen LogP contribution in [-0.4, -0.2) is 11.2 Å². The molecule has 1 aromatic rings. The van der Waals surface area contributed by atoms with E-state index in [1.165, 1.54) is 12.3 Å². The van der Waals surface area contributed by atoms with Crippen LogP contribution in [0.5, 0.6) is 5.75 Å². The number of hydrogen-bond donors (Lipinski definition) is 1. The Hall–Kier alpha value is -1.29. The summed E-state index contributed by atoms with van der Waals surface area (Å²) in [4.78, 5) is 11.6. The summed E-state index contributed by atoms with van der Waals surface area (Å²) in [6.07, 6.45) is 5.68. The van der Waals surface area contributed by atoms with E-state index in [1.54, 1.807) is 0 Å². The van der Waals surface area contributed by atoms with E-state index in [4.69, 9.17) is 14.3 Å². The van der Waals surface area contributed by atoms with Crippen LogP contribution in [-0.2, 0) is 6.61 Å². The molecule has 0 unspecified atom stereocenters. The predicted octanol–water partition coefficient (Wildman–Crippen LogP) is 2.09. The van der Waals surface area contributed by atoms with Crippen LogP contribution in [0, 0.1) is 5.92 Å². The zero-order valence-corrected chi connectivity index (χ0v) is 10.0. The molecule has 1 N–H and O–H groups in total. The fourth-order valence-electron chi connectivity index (χ4n) is 2.13. The van der Waals surface area contributed by atoms with Gasteiger partial charge in [0.2, 0.25) is 11.2 Å². The van der Waals surface area contributed by atoms with Gasteiger partial charge >= 0.3 is 0 Å². The topological polar surface area (TPSA) is 59.7 Å². The first-order chi connectivity index (χ1) is 8.19. The quantitative estimate of drug-likeness (QED) is 0.876. The molecule has 0 atom stereocenters. The molecule has 0 amide bonds. The molecule has 4 nitrogen and oxygen atoms in total. The van der Waals surface area contributed by atoms with E-state index in [9.17, 15) is 4.79 Å². The summed E-state index contributed by atoms with van der Waals surface area (Å²) in [5.41, 5.74) is -0.223. The van der Waals surface area contributed by atoms with Crippen molar-refractivity contribution >= 4 is 0 Å². The second-order valence-electron chi connectivity index (χ2n) is 4.73. The Morgan fingerprint density at radius 3 is 2.71 bits per heavy atom. The van der Waals surface area contributed by atoms with Crippen molar-refractivity contribution in [3.05, 3.63) is 28.3 Å². The van der Waals surface area contributed by atoms with E-state index in [0.717, 1.165) is 31.6 Å². The van der Waals surface area contributed by atoms with E-state index in [0.29, 0.717) is 0 Å². The van der Waals surface area contributed by atoms with Gasteiger partial charge in [0.15, 0.2) is 0 Å².